The lowest BCUT2D eigenvalue weighted by Gasteiger charge is -1.88. The summed E-state index contributed by atoms with van der Waals surface area (Å²) in [5, 5.41) is 4.91. The highest BCUT2D eigenvalue weighted by atomic mass is 16.5. The molecule has 0 fully saturated rings. The molecule has 2 heteroatoms. The van der Waals surface area contributed by atoms with Gasteiger partial charge in [-0.3, -0.25) is 0 Å². The molecule has 1 heterocycles. The molecule has 12 heavy (non-hydrogen) atoms. The Kier molecular flexibility index (Phi) is 2.86. The second kappa shape index (κ2) is 3.90. The van der Waals surface area contributed by atoms with E-state index in [1.54, 1.807) is 6.26 Å². The van der Waals surface area contributed by atoms with Crippen molar-refractivity contribution in [3.05, 3.63) is 30.0 Å². The lowest BCUT2D eigenvalue weighted by atomic mass is 10.2. The first kappa shape index (κ1) is 8.78. The predicted molar refractivity (Wildman–Crippen MR) is 50.1 cm³/mol. The first-order valence-electron chi connectivity index (χ1n) is 4.17. The minimum atomic E-state index is 0.961. The smallest absolute Gasteiger partial charge is 0.131 e. The first-order valence-corrected chi connectivity index (χ1v) is 4.17. The van der Waals surface area contributed by atoms with Crippen molar-refractivity contribution in [2.45, 2.75) is 20.8 Å². The molecule has 64 valence electrons. The van der Waals surface area contributed by atoms with Crippen molar-refractivity contribution in [1.82, 2.24) is 5.16 Å². The van der Waals surface area contributed by atoms with E-state index in [0.717, 1.165) is 16.5 Å². The van der Waals surface area contributed by atoms with Crippen molar-refractivity contribution in [2.24, 2.45) is 0 Å². The standard InChI is InChI=1S/C8H7NO.C2H6/c1-6-3-2-4-7-5-10-9-8(6)7;1-2/h2-5H,1H3;1-2H3. The Hall–Kier alpha value is -1.31. The highest BCUT2D eigenvalue weighted by Crippen LogP contribution is 2.14. The fourth-order valence-electron chi connectivity index (χ4n) is 1.04. The zero-order valence-electron chi connectivity index (χ0n) is 7.66. The van der Waals surface area contributed by atoms with Crippen LogP contribution in [-0.4, -0.2) is 5.16 Å². The van der Waals surface area contributed by atoms with Gasteiger partial charge in [0, 0.05) is 5.39 Å². The van der Waals surface area contributed by atoms with E-state index in [2.05, 4.69) is 5.16 Å². The van der Waals surface area contributed by atoms with Gasteiger partial charge in [-0.1, -0.05) is 31.1 Å². The van der Waals surface area contributed by atoms with Crippen LogP contribution in [0.1, 0.15) is 19.4 Å². The molecule has 0 unspecified atom stereocenters. The van der Waals surface area contributed by atoms with Gasteiger partial charge in [-0.25, -0.2) is 0 Å². The van der Waals surface area contributed by atoms with Crippen LogP contribution in [-0.2, 0) is 0 Å². The molecule has 0 saturated carbocycles. The summed E-state index contributed by atoms with van der Waals surface area (Å²) in [7, 11) is 0. The summed E-state index contributed by atoms with van der Waals surface area (Å²) in [6.45, 7) is 6.02. The largest absolute Gasteiger partial charge is 0.363 e. The number of aromatic nitrogens is 1. The molecule has 0 N–H and O–H groups in total. The molecular weight excluding hydrogens is 150 g/mol. The van der Waals surface area contributed by atoms with Crippen molar-refractivity contribution in [3.8, 4) is 0 Å². The van der Waals surface area contributed by atoms with Gasteiger partial charge < -0.3 is 4.52 Å². The summed E-state index contributed by atoms with van der Waals surface area (Å²) in [5.41, 5.74) is 2.12. The maximum atomic E-state index is 4.80. The Morgan fingerprint density at radius 3 is 2.67 bits per heavy atom. The molecule has 1 aromatic heterocycles. The Morgan fingerprint density at radius 1 is 1.25 bits per heavy atom. The number of benzene rings is 1. The molecule has 2 rings (SSSR count). The quantitative estimate of drug-likeness (QED) is 0.596. The Morgan fingerprint density at radius 2 is 2.00 bits per heavy atom. The van der Waals surface area contributed by atoms with Crippen molar-refractivity contribution in [3.63, 3.8) is 0 Å². The van der Waals surface area contributed by atoms with E-state index in [9.17, 15) is 0 Å². The van der Waals surface area contributed by atoms with E-state index in [1.807, 2.05) is 39.0 Å². The van der Waals surface area contributed by atoms with Crippen LogP contribution < -0.4 is 0 Å². The summed E-state index contributed by atoms with van der Waals surface area (Å²) in [6, 6.07) is 6.00. The van der Waals surface area contributed by atoms with E-state index in [-0.39, 0.29) is 0 Å². The molecule has 2 nitrogen and oxygen atoms in total. The number of nitrogens with zero attached hydrogens (tertiary/aromatic N) is 1. The lowest BCUT2D eigenvalue weighted by Crippen LogP contribution is -1.72. The van der Waals surface area contributed by atoms with Gasteiger partial charge in [-0.2, -0.15) is 0 Å². The number of fused-ring (bicyclic) bond motifs is 1. The molecule has 0 bridgehead atoms. The van der Waals surface area contributed by atoms with E-state index < -0.39 is 0 Å². The molecule has 0 aliphatic carbocycles. The number of hydrogen-bond donors (Lipinski definition) is 0. The Labute approximate surface area is 72.2 Å². The van der Waals surface area contributed by atoms with Gasteiger partial charge in [0.05, 0.1) is 0 Å². The molecule has 0 radical (unpaired) electrons. The third-order valence-corrected chi connectivity index (χ3v) is 1.59. The maximum absolute atomic E-state index is 4.80. The zero-order valence-corrected chi connectivity index (χ0v) is 7.66. The highest BCUT2D eigenvalue weighted by molar-refractivity contribution is 5.80. The number of aryl methyl sites for hydroxylation is 1. The van der Waals surface area contributed by atoms with Gasteiger partial charge in [0.1, 0.15) is 11.8 Å². The molecule has 0 aliphatic heterocycles. The molecule has 0 spiro atoms. The van der Waals surface area contributed by atoms with E-state index in [4.69, 9.17) is 4.52 Å². The van der Waals surface area contributed by atoms with E-state index in [1.165, 1.54) is 0 Å². The number of hydrogen-bond acceptors (Lipinski definition) is 2. The van der Waals surface area contributed by atoms with Crippen LogP contribution in [0.15, 0.2) is 29.0 Å². The van der Waals surface area contributed by atoms with Gasteiger partial charge in [0.25, 0.3) is 0 Å². The van der Waals surface area contributed by atoms with Crippen LogP contribution in [0.5, 0.6) is 0 Å². The van der Waals surface area contributed by atoms with Crippen molar-refractivity contribution >= 4 is 10.9 Å². The average Bonchev–Trinajstić information content (AvgIpc) is 2.57. The van der Waals surface area contributed by atoms with Crippen LogP contribution in [0.25, 0.3) is 10.9 Å². The summed E-state index contributed by atoms with van der Waals surface area (Å²) < 4.78 is 4.80. The third-order valence-electron chi connectivity index (χ3n) is 1.59. The molecular formula is C10H13NO. The van der Waals surface area contributed by atoms with Crippen molar-refractivity contribution < 1.29 is 4.52 Å². The fraction of sp³-hybridized carbons (Fsp3) is 0.300. The van der Waals surface area contributed by atoms with Crippen molar-refractivity contribution in [1.29, 1.82) is 0 Å². The monoisotopic (exact) mass is 163 g/mol. The predicted octanol–water partition coefficient (Wildman–Crippen LogP) is 3.16. The maximum Gasteiger partial charge on any atom is 0.131 e. The molecule has 0 atom stereocenters. The number of rotatable bonds is 0. The summed E-state index contributed by atoms with van der Waals surface area (Å²) in [4.78, 5) is 0. The van der Waals surface area contributed by atoms with Crippen molar-refractivity contribution in [2.75, 3.05) is 0 Å². The van der Waals surface area contributed by atoms with Gasteiger partial charge >= 0.3 is 0 Å². The molecule has 0 amide bonds. The molecule has 1 aromatic carbocycles. The van der Waals surface area contributed by atoms with Crippen LogP contribution in [0.4, 0.5) is 0 Å². The van der Waals surface area contributed by atoms with Crippen LogP contribution in [0.2, 0.25) is 0 Å². The van der Waals surface area contributed by atoms with E-state index in [0.29, 0.717) is 0 Å². The van der Waals surface area contributed by atoms with Gasteiger partial charge in [0.15, 0.2) is 0 Å². The SMILES string of the molecule is CC.Cc1cccc2conc12. The fourth-order valence-corrected chi connectivity index (χ4v) is 1.04. The van der Waals surface area contributed by atoms with E-state index >= 15 is 0 Å². The first-order chi connectivity index (χ1) is 5.88. The zero-order chi connectivity index (χ0) is 8.97. The Balaban J connectivity index is 0.000000336. The van der Waals surface area contributed by atoms with Crippen LogP contribution in [0.3, 0.4) is 0 Å². The van der Waals surface area contributed by atoms with Gasteiger partial charge in [0.2, 0.25) is 0 Å². The second-order valence-electron chi connectivity index (χ2n) is 2.33. The van der Waals surface area contributed by atoms with Crippen LogP contribution >= 0.6 is 0 Å². The Bertz CT molecular complexity index is 351. The topological polar surface area (TPSA) is 26.0 Å². The summed E-state index contributed by atoms with van der Waals surface area (Å²) in [6.07, 6.45) is 1.66. The summed E-state index contributed by atoms with van der Waals surface area (Å²) in [5.74, 6) is 0. The second-order valence-corrected chi connectivity index (χ2v) is 2.33. The summed E-state index contributed by atoms with van der Waals surface area (Å²) >= 11 is 0. The molecule has 0 saturated heterocycles. The minimum absolute atomic E-state index is 0.961. The van der Waals surface area contributed by atoms with Crippen LogP contribution in [0, 0.1) is 6.92 Å². The van der Waals surface area contributed by atoms with Gasteiger partial charge in [-0.05, 0) is 18.6 Å². The molecule has 0 aliphatic rings. The highest BCUT2D eigenvalue weighted by Gasteiger charge is 1.97. The normalized spacial score (nSPS) is 9.25. The van der Waals surface area contributed by atoms with Gasteiger partial charge in [-0.15, -0.1) is 0 Å². The minimum Gasteiger partial charge on any atom is -0.363 e. The molecule has 2 aromatic rings. The average molecular weight is 163 g/mol. The third kappa shape index (κ3) is 1.47. The lowest BCUT2D eigenvalue weighted by molar-refractivity contribution is 0.428.